The quantitative estimate of drug-likeness (QED) is 0.735. The van der Waals surface area contributed by atoms with E-state index in [9.17, 15) is 9.59 Å². The number of carbonyl (C=O) groups is 2. The molecular weight excluding hydrogens is 238 g/mol. The van der Waals surface area contributed by atoms with E-state index in [1.54, 1.807) is 11.8 Å². The van der Waals surface area contributed by atoms with E-state index in [4.69, 9.17) is 5.11 Å². The summed E-state index contributed by atoms with van der Waals surface area (Å²) in [5, 5.41) is 12.0. The molecule has 0 atom stereocenters. The van der Waals surface area contributed by atoms with E-state index >= 15 is 0 Å². The highest BCUT2D eigenvalue weighted by molar-refractivity contribution is 8.00. The monoisotopic (exact) mass is 257 g/mol. The maximum atomic E-state index is 12.0. The topological polar surface area (TPSA) is 66.4 Å². The summed E-state index contributed by atoms with van der Waals surface area (Å²) < 4.78 is 0.166. The zero-order valence-electron chi connectivity index (χ0n) is 10.1. The minimum absolute atomic E-state index is 0.166. The summed E-state index contributed by atoms with van der Waals surface area (Å²) in [4.78, 5) is 23.1. The summed E-state index contributed by atoms with van der Waals surface area (Å²) >= 11 is 1.78. The van der Waals surface area contributed by atoms with E-state index in [0.717, 1.165) is 19.3 Å². The van der Waals surface area contributed by atoms with Crippen molar-refractivity contribution in [1.29, 1.82) is 0 Å². The Bertz CT molecular complexity index is 329. The molecule has 0 bridgehead atoms. The SMILES string of the molecule is CSC1(CNC(=O)C2(C(=O)O)CCC2)CCC1. The number of aliphatic carboxylic acids is 1. The highest BCUT2D eigenvalue weighted by Crippen LogP contribution is 2.44. The number of carboxylic acid groups (broad SMARTS) is 1. The van der Waals surface area contributed by atoms with Gasteiger partial charge in [-0.05, 0) is 31.9 Å². The van der Waals surface area contributed by atoms with Crippen LogP contribution < -0.4 is 5.32 Å². The van der Waals surface area contributed by atoms with Crippen LogP contribution in [0.25, 0.3) is 0 Å². The van der Waals surface area contributed by atoms with Gasteiger partial charge in [-0.15, -0.1) is 0 Å². The van der Waals surface area contributed by atoms with E-state index in [-0.39, 0.29) is 10.7 Å². The molecule has 2 N–H and O–H groups in total. The summed E-state index contributed by atoms with van der Waals surface area (Å²) in [5.74, 6) is -1.25. The first-order valence-corrected chi connectivity index (χ1v) is 7.34. The van der Waals surface area contributed by atoms with Crippen molar-refractivity contribution >= 4 is 23.6 Å². The normalized spacial score (nSPS) is 24.3. The largest absolute Gasteiger partial charge is 0.480 e. The molecule has 0 radical (unpaired) electrons. The highest BCUT2D eigenvalue weighted by atomic mass is 32.2. The van der Waals surface area contributed by atoms with Gasteiger partial charge in [0.15, 0.2) is 0 Å². The molecule has 5 heteroatoms. The van der Waals surface area contributed by atoms with Crippen LogP contribution in [0.15, 0.2) is 0 Å². The zero-order valence-corrected chi connectivity index (χ0v) is 10.9. The summed E-state index contributed by atoms with van der Waals surface area (Å²) in [7, 11) is 0. The van der Waals surface area contributed by atoms with E-state index in [2.05, 4.69) is 11.6 Å². The maximum absolute atomic E-state index is 12.0. The average molecular weight is 257 g/mol. The molecule has 0 aromatic rings. The van der Waals surface area contributed by atoms with Crippen molar-refractivity contribution in [2.75, 3.05) is 12.8 Å². The molecule has 4 nitrogen and oxygen atoms in total. The maximum Gasteiger partial charge on any atom is 0.319 e. The Morgan fingerprint density at radius 3 is 2.12 bits per heavy atom. The lowest BCUT2D eigenvalue weighted by Gasteiger charge is -2.42. The second-order valence-electron chi connectivity index (χ2n) is 5.16. The minimum atomic E-state index is -1.12. The highest BCUT2D eigenvalue weighted by Gasteiger charge is 2.51. The van der Waals surface area contributed by atoms with Crippen LogP contribution in [0.1, 0.15) is 38.5 Å². The van der Waals surface area contributed by atoms with Crippen LogP contribution in [-0.4, -0.2) is 34.5 Å². The Hall–Kier alpha value is -0.710. The lowest BCUT2D eigenvalue weighted by molar-refractivity contribution is -0.162. The van der Waals surface area contributed by atoms with Gasteiger partial charge < -0.3 is 10.4 Å². The van der Waals surface area contributed by atoms with Gasteiger partial charge in [0.05, 0.1) is 0 Å². The summed E-state index contributed by atoms with van der Waals surface area (Å²) in [6.45, 7) is 0.613. The van der Waals surface area contributed by atoms with Crippen LogP contribution in [0, 0.1) is 5.41 Å². The van der Waals surface area contributed by atoms with Crippen molar-refractivity contribution in [3.05, 3.63) is 0 Å². The zero-order chi connectivity index (χ0) is 12.5. The molecule has 2 rings (SSSR count). The summed E-state index contributed by atoms with van der Waals surface area (Å²) in [6, 6.07) is 0. The predicted molar refractivity (Wildman–Crippen MR) is 67.0 cm³/mol. The fraction of sp³-hybridized carbons (Fsp3) is 0.833. The molecule has 2 saturated carbocycles. The van der Waals surface area contributed by atoms with Crippen LogP contribution in [0.2, 0.25) is 0 Å². The van der Waals surface area contributed by atoms with Crippen molar-refractivity contribution in [2.24, 2.45) is 5.41 Å². The number of nitrogens with one attached hydrogen (secondary N) is 1. The number of carbonyl (C=O) groups excluding carboxylic acids is 1. The lowest BCUT2D eigenvalue weighted by atomic mass is 9.68. The minimum Gasteiger partial charge on any atom is -0.480 e. The third-order valence-electron chi connectivity index (χ3n) is 4.32. The van der Waals surface area contributed by atoms with Crippen LogP contribution in [0.5, 0.6) is 0 Å². The van der Waals surface area contributed by atoms with Gasteiger partial charge in [-0.25, -0.2) is 0 Å². The van der Waals surface area contributed by atoms with Crippen molar-refractivity contribution in [2.45, 2.75) is 43.3 Å². The molecule has 0 heterocycles. The fourth-order valence-corrected chi connectivity index (χ4v) is 3.42. The molecule has 17 heavy (non-hydrogen) atoms. The van der Waals surface area contributed by atoms with Gasteiger partial charge in [0.2, 0.25) is 5.91 Å². The fourth-order valence-electron chi connectivity index (χ4n) is 2.50. The number of hydrogen-bond acceptors (Lipinski definition) is 3. The molecule has 0 spiro atoms. The smallest absolute Gasteiger partial charge is 0.319 e. The Morgan fingerprint density at radius 2 is 1.82 bits per heavy atom. The van der Waals surface area contributed by atoms with Gasteiger partial charge in [0.1, 0.15) is 5.41 Å². The summed E-state index contributed by atoms with van der Waals surface area (Å²) in [6.07, 6.45) is 7.32. The molecule has 1 amide bonds. The summed E-state index contributed by atoms with van der Waals surface area (Å²) in [5.41, 5.74) is -1.12. The van der Waals surface area contributed by atoms with E-state index in [1.807, 2.05) is 0 Å². The Balaban J connectivity index is 1.91. The van der Waals surface area contributed by atoms with Crippen LogP contribution in [0.4, 0.5) is 0 Å². The van der Waals surface area contributed by atoms with E-state index in [0.29, 0.717) is 19.4 Å². The number of carboxylic acids is 1. The van der Waals surface area contributed by atoms with Crippen LogP contribution >= 0.6 is 11.8 Å². The Labute approximate surface area is 106 Å². The van der Waals surface area contributed by atoms with Gasteiger partial charge in [-0.3, -0.25) is 9.59 Å². The van der Waals surface area contributed by atoms with E-state index < -0.39 is 11.4 Å². The van der Waals surface area contributed by atoms with Gasteiger partial charge in [-0.1, -0.05) is 12.8 Å². The molecular formula is C12H19NO3S. The number of hydrogen-bond donors (Lipinski definition) is 2. The van der Waals surface area contributed by atoms with Gasteiger partial charge >= 0.3 is 5.97 Å². The van der Waals surface area contributed by atoms with Gasteiger partial charge in [0, 0.05) is 11.3 Å². The number of amides is 1. The Kier molecular flexibility index (Phi) is 3.39. The second-order valence-corrected chi connectivity index (χ2v) is 6.44. The molecule has 2 aliphatic carbocycles. The average Bonchev–Trinajstić information content (AvgIpc) is 2.14. The second kappa shape index (κ2) is 4.52. The van der Waals surface area contributed by atoms with Gasteiger partial charge in [-0.2, -0.15) is 11.8 Å². The standard InChI is InChI=1S/C12H19NO3S/c1-17-11(4-2-5-11)8-13-9(14)12(10(15)16)6-3-7-12/h2-8H2,1H3,(H,13,14)(H,15,16). The molecule has 96 valence electrons. The molecule has 2 fully saturated rings. The molecule has 0 aromatic carbocycles. The first kappa shape index (κ1) is 12.7. The molecule has 2 aliphatic rings. The molecule has 0 unspecified atom stereocenters. The lowest BCUT2D eigenvalue weighted by Crippen LogP contribution is -2.54. The Morgan fingerprint density at radius 1 is 1.24 bits per heavy atom. The van der Waals surface area contributed by atoms with Crippen molar-refractivity contribution in [3.8, 4) is 0 Å². The molecule has 0 saturated heterocycles. The van der Waals surface area contributed by atoms with Crippen LogP contribution in [-0.2, 0) is 9.59 Å². The number of rotatable bonds is 5. The van der Waals surface area contributed by atoms with Gasteiger partial charge in [0.25, 0.3) is 0 Å². The third-order valence-corrected chi connectivity index (χ3v) is 5.74. The molecule has 0 aliphatic heterocycles. The third kappa shape index (κ3) is 2.05. The van der Waals surface area contributed by atoms with Crippen LogP contribution in [0.3, 0.4) is 0 Å². The first-order chi connectivity index (χ1) is 8.05. The number of thioether (sulfide) groups is 1. The predicted octanol–water partition coefficient (Wildman–Crippen LogP) is 1.64. The molecule has 0 aromatic heterocycles. The first-order valence-electron chi connectivity index (χ1n) is 6.12. The van der Waals surface area contributed by atoms with Crippen molar-refractivity contribution < 1.29 is 14.7 Å². The van der Waals surface area contributed by atoms with Crippen molar-refractivity contribution in [1.82, 2.24) is 5.32 Å². The van der Waals surface area contributed by atoms with Crippen molar-refractivity contribution in [3.63, 3.8) is 0 Å². The van der Waals surface area contributed by atoms with E-state index in [1.165, 1.54) is 6.42 Å².